The Morgan fingerprint density at radius 3 is 2.63 bits per heavy atom. The SMILES string of the molecule is CC(=O)O[C@H]1Oc2ccc(C)cc2-c2oc(=O)c(Sc3ccccc3)cc21. The minimum Gasteiger partial charge on any atom is -0.450 e. The van der Waals surface area contributed by atoms with E-state index in [-0.39, 0.29) is 0 Å². The predicted octanol–water partition coefficient (Wildman–Crippen LogP) is 4.72. The summed E-state index contributed by atoms with van der Waals surface area (Å²) in [5.74, 6) is 0.393. The molecule has 5 nitrogen and oxygen atoms in total. The number of ether oxygens (including phenoxy) is 2. The third kappa shape index (κ3) is 3.48. The van der Waals surface area contributed by atoms with Crippen LogP contribution in [0.4, 0.5) is 0 Å². The fraction of sp³-hybridized carbons (Fsp3) is 0.143. The van der Waals surface area contributed by atoms with Crippen molar-refractivity contribution in [2.24, 2.45) is 0 Å². The molecule has 0 bridgehead atoms. The molecule has 136 valence electrons. The predicted molar refractivity (Wildman–Crippen MR) is 101 cm³/mol. The highest BCUT2D eigenvalue weighted by molar-refractivity contribution is 7.99. The zero-order valence-electron chi connectivity index (χ0n) is 14.7. The third-order valence-corrected chi connectivity index (χ3v) is 5.07. The number of fused-ring (bicyclic) bond motifs is 3. The zero-order chi connectivity index (χ0) is 19.0. The van der Waals surface area contributed by atoms with Crippen LogP contribution in [-0.4, -0.2) is 5.97 Å². The second kappa shape index (κ2) is 6.96. The molecule has 2 aromatic carbocycles. The minimum absolute atomic E-state index is 0.369. The maximum Gasteiger partial charge on any atom is 0.350 e. The Hall–Kier alpha value is -2.99. The maximum atomic E-state index is 12.6. The van der Waals surface area contributed by atoms with Gasteiger partial charge < -0.3 is 13.9 Å². The van der Waals surface area contributed by atoms with Crippen LogP contribution in [0, 0.1) is 6.92 Å². The van der Waals surface area contributed by atoms with Crippen molar-refractivity contribution in [3.8, 4) is 17.1 Å². The lowest BCUT2D eigenvalue weighted by molar-refractivity contribution is -0.162. The van der Waals surface area contributed by atoms with E-state index in [2.05, 4.69) is 0 Å². The van der Waals surface area contributed by atoms with Crippen LogP contribution >= 0.6 is 11.8 Å². The quantitative estimate of drug-likeness (QED) is 0.613. The highest BCUT2D eigenvalue weighted by Gasteiger charge is 2.32. The molecule has 1 aliphatic heterocycles. The van der Waals surface area contributed by atoms with E-state index in [0.717, 1.165) is 10.5 Å². The molecule has 0 N–H and O–H groups in total. The van der Waals surface area contributed by atoms with Gasteiger partial charge in [-0.2, -0.15) is 0 Å². The van der Waals surface area contributed by atoms with E-state index in [4.69, 9.17) is 13.9 Å². The van der Waals surface area contributed by atoms with Crippen molar-refractivity contribution in [2.45, 2.75) is 29.9 Å². The number of hydrogen-bond donors (Lipinski definition) is 0. The van der Waals surface area contributed by atoms with E-state index in [1.165, 1.54) is 18.7 Å². The summed E-state index contributed by atoms with van der Waals surface area (Å²) in [6.07, 6.45) is -0.966. The summed E-state index contributed by atoms with van der Waals surface area (Å²) in [4.78, 5) is 25.4. The van der Waals surface area contributed by atoms with Crippen LogP contribution in [-0.2, 0) is 9.53 Å². The number of esters is 1. The summed E-state index contributed by atoms with van der Waals surface area (Å²) in [5.41, 5.74) is 1.74. The number of hydrogen-bond acceptors (Lipinski definition) is 6. The Labute approximate surface area is 159 Å². The van der Waals surface area contributed by atoms with Gasteiger partial charge >= 0.3 is 11.6 Å². The Bertz CT molecular complexity index is 1070. The van der Waals surface area contributed by atoms with Crippen LogP contribution in [0.15, 0.2) is 73.6 Å². The second-order valence-electron chi connectivity index (χ2n) is 6.16. The topological polar surface area (TPSA) is 65.7 Å². The van der Waals surface area contributed by atoms with Crippen LogP contribution in [0.3, 0.4) is 0 Å². The molecule has 0 saturated heterocycles. The van der Waals surface area contributed by atoms with Gasteiger partial charge in [0.15, 0.2) is 5.76 Å². The minimum atomic E-state index is -0.966. The molecule has 0 radical (unpaired) electrons. The van der Waals surface area contributed by atoms with E-state index in [1.54, 1.807) is 12.1 Å². The molecule has 0 amide bonds. The number of rotatable bonds is 3. The van der Waals surface area contributed by atoms with Gasteiger partial charge in [-0.05, 0) is 37.3 Å². The lowest BCUT2D eigenvalue weighted by atomic mass is 10.0. The van der Waals surface area contributed by atoms with Crippen molar-refractivity contribution in [3.63, 3.8) is 0 Å². The molecule has 1 atom stereocenters. The van der Waals surface area contributed by atoms with Gasteiger partial charge in [0.1, 0.15) is 5.75 Å². The molecule has 0 saturated carbocycles. The van der Waals surface area contributed by atoms with Gasteiger partial charge in [-0.25, -0.2) is 4.79 Å². The smallest absolute Gasteiger partial charge is 0.350 e. The summed E-state index contributed by atoms with van der Waals surface area (Å²) in [5, 5.41) is 0. The van der Waals surface area contributed by atoms with Gasteiger partial charge in [-0.3, -0.25) is 4.79 Å². The Balaban J connectivity index is 1.84. The van der Waals surface area contributed by atoms with Crippen molar-refractivity contribution in [1.82, 2.24) is 0 Å². The molecule has 1 aromatic heterocycles. The standard InChI is InChI=1S/C21H16O5S/c1-12-8-9-17-15(10-12)19-16(21(25-17)24-13(2)22)11-18(20(23)26-19)27-14-6-4-3-5-7-14/h3-11,21H,1-2H3/t21-/m0/s1. The molecule has 0 unspecified atom stereocenters. The van der Waals surface area contributed by atoms with Gasteiger partial charge in [0, 0.05) is 11.8 Å². The average Bonchev–Trinajstić information content (AvgIpc) is 2.64. The molecule has 6 heteroatoms. The monoisotopic (exact) mass is 380 g/mol. The van der Waals surface area contributed by atoms with Gasteiger partial charge in [-0.15, -0.1) is 0 Å². The van der Waals surface area contributed by atoms with E-state index >= 15 is 0 Å². The normalized spacial score (nSPS) is 14.7. The lowest BCUT2D eigenvalue weighted by Gasteiger charge is -2.27. The Kier molecular flexibility index (Phi) is 4.49. The Morgan fingerprint density at radius 1 is 1.11 bits per heavy atom. The molecule has 4 rings (SSSR count). The molecule has 27 heavy (non-hydrogen) atoms. The van der Waals surface area contributed by atoms with Crippen molar-refractivity contribution in [1.29, 1.82) is 0 Å². The highest BCUT2D eigenvalue weighted by atomic mass is 32.2. The number of aryl methyl sites for hydroxylation is 1. The molecule has 1 aliphatic rings. The fourth-order valence-electron chi connectivity index (χ4n) is 2.88. The van der Waals surface area contributed by atoms with Gasteiger partial charge in [0.05, 0.1) is 16.0 Å². The average molecular weight is 380 g/mol. The molecular formula is C21H16O5S. The van der Waals surface area contributed by atoms with E-state index in [0.29, 0.717) is 27.5 Å². The summed E-state index contributed by atoms with van der Waals surface area (Å²) < 4.78 is 16.8. The number of carbonyl (C=O) groups is 1. The van der Waals surface area contributed by atoms with E-state index in [1.807, 2.05) is 49.4 Å². The second-order valence-corrected chi connectivity index (χ2v) is 7.27. The summed E-state index contributed by atoms with van der Waals surface area (Å²) in [7, 11) is 0. The van der Waals surface area contributed by atoms with Crippen LogP contribution in [0.2, 0.25) is 0 Å². The molecule has 0 spiro atoms. The highest BCUT2D eigenvalue weighted by Crippen LogP contribution is 2.44. The fourth-order valence-corrected chi connectivity index (χ4v) is 3.74. The largest absolute Gasteiger partial charge is 0.450 e. The van der Waals surface area contributed by atoms with E-state index in [9.17, 15) is 9.59 Å². The van der Waals surface area contributed by atoms with Crippen LogP contribution in [0.1, 0.15) is 24.3 Å². The first-order valence-electron chi connectivity index (χ1n) is 8.37. The molecular weight excluding hydrogens is 364 g/mol. The zero-order valence-corrected chi connectivity index (χ0v) is 15.5. The molecule has 0 fully saturated rings. The first-order chi connectivity index (χ1) is 13.0. The first-order valence-corrected chi connectivity index (χ1v) is 9.19. The molecule has 3 aromatic rings. The summed E-state index contributed by atoms with van der Waals surface area (Å²) >= 11 is 1.29. The third-order valence-electron chi connectivity index (χ3n) is 4.06. The van der Waals surface area contributed by atoms with Crippen molar-refractivity contribution in [2.75, 3.05) is 0 Å². The number of carbonyl (C=O) groups excluding carboxylic acids is 1. The van der Waals surface area contributed by atoms with Crippen molar-refractivity contribution < 1.29 is 18.7 Å². The van der Waals surface area contributed by atoms with Crippen LogP contribution < -0.4 is 10.4 Å². The molecule has 0 aliphatic carbocycles. The van der Waals surface area contributed by atoms with Crippen molar-refractivity contribution in [3.05, 3.63) is 76.1 Å². The summed E-state index contributed by atoms with van der Waals surface area (Å²) in [6, 6.07) is 16.7. The van der Waals surface area contributed by atoms with Gasteiger partial charge in [0.2, 0.25) is 0 Å². The maximum absolute atomic E-state index is 12.6. The summed E-state index contributed by atoms with van der Waals surface area (Å²) in [6.45, 7) is 3.25. The van der Waals surface area contributed by atoms with Gasteiger partial charge in [0.25, 0.3) is 6.29 Å². The Morgan fingerprint density at radius 2 is 1.89 bits per heavy atom. The van der Waals surface area contributed by atoms with Crippen molar-refractivity contribution >= 4 is 17.7 Å². The van der Waals surface area contributed by atoms with Gasteiger partial charge in [-0.1, -0.05) is 41.6 Å². The molecule has 2 heterocycles. The van der Waals surface area contributed by atoms with Crippen LogP contribution in [0.5, 0.6) is 5.75 Å². The first kappa shape index (κ1) is 17.4. The van der Waals surface area contributed by atoms with Crippen LogP contribution in [0.25, 0.3) is 11.3 Å². The number of benzene rings is 2. The lowest BCUT2D eigenvalue weighted by Crippen LogP contribution is -2.21. The van der Waals surface area contributed by atoms with E-state index < -0.39 is 17.9 Å².